The summed E-state index contributed by atoms with van der Waals surface area (Å²) in [5.41, 5.74) is 0.901. The van der Waals surface area contributed by atoms with E-state index in [1.807, 2.05) is 0 Å². The highest BCUT2D eigenvalue weighted by atomic mass is 32.2. The average molecular weight is 420 g/mol. The topological polar surface area (TPSA) is 102 Å². The normalized spacial score (nSPS) is 14.7. The van der Waals surface area contributed by atoms with Gasteiger partial charge in [-0.2, -0.15) is 0 Å². The van der Waals surface area contributed by atoms with Gasteiger partial charge in [0, 0.05) is 11.7 Å². The molecule has 154 valence electrons. The van der Waals surface area contributed by atoms with Crippen molar-refractivity contribution >= 4 is 27.6 Å². The maximum atomic E-state index is 13.0. The van der Waals surface area contributed by atoms with Crippen molar-refractivity contribution in [3.05, 3.63) is 59.9 Å². The van der Waals surface area contributed by atoms with E-state index in [4.69, 9.17) is 4.74 Å². The molecule has 7 nitrogen and oxygen atoms in total. The van der Waals surface area contributed by atoms with Gasteiger partial charge in [0.25, 0.3) is 15.9 Å². The molecule has 2 aromatic rings. The highest BCUT2D eigenvalue weighted by Crippen LogP contribution is 2.19. The smallest absolute Gasteiger partial charge is 0.311 e. The summed E-state index contributed by atoms with van der Waals surface area (Å²) in [7, 11) is -3.85. The van der Waals surface area contributed by atoms with E-state index in [0.29, 0.717) is 11.3 Å². The molecule has 1 aliphatic rings. The summed E-state index contributed by atoms with van der Waals surface area (Å²) in [6.45, 7) is 1.52. The molecule has 1 saturated carbocycles. The Bertz CT molecular complexity index is 987. The molecule has 3 rings (SSSR count). The molecule has 1 aliphatic carbocycles. The lowest BCUT2D eigenvalue weighted by Crippen LogP contribution is -2.37. The van der Waals surface area contributed by atoms with Crippen LogP contribution in [-0.4, -0.2) is 32.4 Å². The number of esters is 1. The predicted octanol–water partition coefficient (Wildman–Crippen LogP) is 2.38. The molecule has 0 aliphatic heterocycles. The first-order chi connectivity index (χ1) is 13.7. The van der Waals surface area contributed by atoms with Gasteiger partial charge < -0.3 is 10.1 Å². The van der Waals surface area contributed by atoms with Gasteiger partial charge in [-0.15, -0.1) is 0 Å². The fourth-order valence-electron chi connectivity index (χ4n) is 2.52. The van der Waals surface area contributed by atoms with E-state index >= 15 is 0 Å². The van der Waals surface area contributed by atoms with E-state index in [0.717, 1.165) is 25.0 Å². The van der Waals surface area contributed by atoms with Crippen LogP contribution in [0.15, 0.2) is 53.4 Å². The van der Waals surface area contributed by atoms with Gasteiger partial charge in [-0.1, -0.05) is 12.1 Å². The minimum Gasteiger partial charge on any atom is -0.452 e. The number of anilines is 1. The Morgan fingerprint density at radius 3 is 2.31 bits per heavy atom. The summed E-state index contributed by atoms with van der Waals surface area (Å²) in [5, 5.41) is 2.77. The van der Waals surface area contributed by atoms with Crippen molar-refractivity contribution in [1.29, 1.82) is 0 Å². The molecule has 0 aromatic heterocycles. The zero-order valence-corrected chi connectivity index (χ0v) is 16.5. The van der Waals surface area contributed by atoms with Crippen LogP contribution in [-0.2, 0) is 30.8 Å². The van der Waals surface area contributed by atoms with Crippen molar-refractivity contribution in [1.82, 2.24) is 5.32 Å². The fraction of sp³-hybridized carbons (Fsp3) is 0.300. The quantitative estimate of drug-likeness (QED) is 0.639. The molecule has 1 fully saturated rings. The van der Waals surface area contributed by atoms with Crippen LogP contribution in [0, 0.1) is 5.82 Å². The number of sulfonamides is 1. The summed E-state index contributed by atoms with van der Waals surface area (Å²) in [6, 6.07) is 10.8. The van der Waals surface area contributed by atoms with Crippen molar-refractivity contribution in [3.63, 3.8) is 0 Å². The third kappa shape index (κ3) is 6.02. The van der Waals surface area contributed by atoms with Crippen LogP contribution >= 0.6 is 0 Å². The van der Waals surface area contributed by atoms with Crippen LogP contribution in [0.1, 0.15) is 25.3 Å². The summed E-state index contributed by atoms with van der Waals surface area (Å²) in [6.07, 6.45) is 0.976. The summed E-state index contributed by atoms with van der Waals surface area (Å²) >= 11 is 0. The van der Waals surface area contributed by atoms with Crippen LogP contribution in [0.25, 0.3) is 0 Å². The first-order valence-electron chi connectivity index (χ1n) is 9.10. The number of rotatable bonds is 8. The SMILES string of the molecule is C[C@@H](OC(=O)Cc1ccc(NS(=O)(=O)c2ccc(F)cc2)cc1)C(=O)NC1CC1. The van der Waals surface area contributed by atoms with Gasteiger partial charge in [-0.3, -0.25) is 14.3 Å². The van der Waals surface area contributed by atoms with Gasteiger partial charge in [0.15, 0.2) is 6.10 Å². The van der Waals surface area contributed by atoms with Crippen molar-refractivity contribution in [2.45, 2.75) is 43.2 Å². The second kappa shape index (κ2) is 8.60. The van der Waals surface area contributed by atoms with Crippen LogP contribution in [0.2, 0.25) is 0 Å². The molecule has 9 heteroatoms. The van der Waals surface area contributed by atoms with Crippen molar-refractivity contribution in [2.24, 2.45) is 0 Å². The zero-order chi connectivity index (χ0) is 21.0. The molecule has 1 atom stereocenters. The van der Waals surface area contributed by atoms with Gasteiger partial charge in [-0.05, 0) is 61.7 Å². The third-order valence-electron chi connectivity index (χ3n) is 4.28. The van der Waals surface area contributed by atoms with E-state index in [-0.39, 0.29) is 23.3 Å². The Hall–Kier alpha value is -2.94. The highest BCUT2D eigenvalue weighted by Gasteiger charge is 2.27. The molecule has 0 saturated heterocycles. The minimum atomic E-state index is -3.85. The lowest BCUT2D eigenvalue weighted by Gasteiger charge is -2.13. The molecule has 2 aromatic carbocycles. The number of carbonyl (C=O) groups is 2. The summed E-state index contributed by atoms with van der Waals surface area (Å²) in [4.78, 5) is 23.8. The van der Waals surface area contributed by atoms with Crippen molar-refractivity contribution in [3.8, 4) is 0 Å². The number of nitrogens with one attached hydrogen (secondary N) is 2. The molecule has 1 amide bonds. The Balaban J connectivity index is 1.54. The van der Waals surface area contributed by atoms with Crippen molar-refractivity contribution < 1.29 is 27.1 Å². The number of halogens is 1. The second-order valence-corrected chi connectivity index (χ2v) is 8.53. The summed E-state index contributed by atoms with van der Waals surface area (Å²) < 4.78 is 45.1. The first-order valence-corrected chi connectivity index (χ1v) is 10.6. The highest BCUT2D eigenvalue weighted by molar-refractivity contribution is 7.92. The fourth-order valence-corrected chi connectivity index (χ4v) is 3.58. The van der Waals surface area contributed by atoms with Gasteiger partial charge in [0.05, 0.1) is 11.3 Å². The lowest BCUT2D eigenvalue weighted by molar-refractivity contribution is -0.154. The molecule has 0 bridgehead atoms. The Morgan fingerprint density at radius 2 is 1.72 bits per heavy atom. The number of carbonyl (C=O) groups excluding carboxylic acids is 2. The first kappa shape index (κ1) is 20.8. The van der Waals surface area contributed by atoms with E-state index in [2.05, 4.69) is 10.0 Å². The van der Waals surface area contributed by atoms with E-state index < -0.39 is 27.9 Å². The molecule has 0 heterocycles. The van der Waals surface area contributed by atoms with Gasteiger partial charge >= 0.3 is 5.97 Å². The van der Waals surface area contributed by atoms with Crippen LogP contribution in [0.4, 0.5) is 10.1 Å². The average Bonchev–Trinajstić information content (AvgIpc) is 3.47. The number of hydrogen-bond acceptors (Lipinski definition) is 5. The van der Waals surface area contributed by atoms with Gasteiger partial charge in [0.1, 0.15) is 5.82 Å². The molecule has 0 spiro atoms. The number of ether oxygens (including phenoxy) is 1. The lowest BCUT2D eigenvalue weighted by atomic mass is 10.1. The Morgan fingerprint density at radius 1 is 1.10 bits per heavy atom. The second-order valence-electron chi connectivity index (χ2n) is 6.85. The molecule has 0 radical (unpaired) electrons. The minimum absolute atomic E-state index is 0.0496. The van der Waals surface area contributed by atoms with E-state index in [1.165, 1.54) is 31.2 Å². The molecule has 0 unspecified atom stereocenters. The monoisotopic (exact) mass is 420 g/mol. The predicted molar refractivity (Wildman–Crippen MR) is 104 cm³/mol. The zero-order valence-electron chi connectivity index (χ0n) is 15.7. The molecule has 2 N–H and O–H groups in total. The largest absolute Gasteiger partial charge is 0.452 e. The van der Waals surface area contributed by atoms with Gasteiger partial charge in [0.2, 0.25) is 0 Å². The van der Waals surface area contributed by atoms with Crippen molar-refractivity contribution in [2.75, 3.05) is 4.72 Å². The molecular formula is C20H21FN2O5S. The van der Waals surface area contributed by atoms with E-state index in [1.54, 1.807) is 12.1 Å². The molecular weight excluding hydrogens is 399 g/mol. The Labute approximate surface area is 168 Å². The molecule has 29 heavy (non-hydrogen) atoms. The maximum Gasteiger partial charge on any atom is 0.311 e. The van der Waals surface area contributed by atoms with Crippen LogP contribution < -0.4 is 10.0 Å². The van der Waals surface area contributed by atoms with Gasteiger partial charge in [-0.25, -0.2) is 12.8 Å². The number of benzene rings is 2. The van der Waals surface area contributed by atoms with Crippen LogP contribution in [0.5, 0.6) is 0 Å². The maximum absolute atomic E-state index is 13.0. The standard InChI is InChI=1S/C20H21FN2O5S/c1-13(20(25)22-16-8-9-16)28-19(24)12-14-2-6-17(7-3-14)23-29(26,27)18-10-4-15(21)5-11-18/h2-7,10-11,13,16,23H,8-9,12H2,1H3,(H,22,25)/t13-/m1/s1. The summed E-state index contributed by atoms with van der Waals surface area (Å²) in [5.74, 6) is -1.39. The van der Waals surface area contributed by atoms with E-state index in [9.17, 15) is 22.4 Å². The Kier molecular flexibility index (Phi) is 6.17. The number of amides is 1. The van der Waals surface area contributed by atoms with Crippen LogP contribution in [0.3, 0.4) is 0 Å². The third-order valence-corrected chi connectivity index (χ3v) is 5.68. The number of hydrogen-bond donors (Lipinski definition) is 2.